The molecule has 2 aliphatic heterocycles. The molecule has 1 unspecified atom stereocenters. The number of rotatable bonds is 13. The van der Waals surface area contributed by atoms with E-state index in [4.69, 9.17) is 27.8 Å². The highest BCUT2D eigenvalue weighted by Gasteiger charge is 2.65. The summed E-state index contributed by atoms with van der Waals surface area (Å²) in [4.78, 5) is 29.8. The van der Waals surface area contributed by atoms with Gasteiger partial charge in [0.15, 0.2) is 6.10 Å². The molecule has 4 aromatic rings. The first-order chi connectivity index (χ1) is 24.9. The standard InChI is InChI=1S/C37H40F2N3O9P/c1-24(2)49-33(43)25(3)20-22-47-52(45)48-23-30-32(51-52)37(38,39)34(50-30)42-21-19-31(40-35(42)44)41-36(26-11-7-5-8-12-26,27-13-9-6-10-14-27)28-15-17-29(46-4)18-16-28/h5-19,21,24-25,30,32,34H,20,22-23H2,1-4H3,(H,40,41,44)/t25-,30+,32+,34+,52?/m0/s1. The van der Waals surface area contributed by atoms with Gasteiger partial charge in [-0.1, -0.05) is 79.7 Å². The molecular formula is C37H40F2N3O9P. The Labute approximate surface area is 299 Å². The normalized spacial score (nSPS) is 23.1. The average Bonchev–Trinajstić information content (AvgIpc) is 3.39. The maximum absolute atomic E-state index is 16.0. The molecule has 5 atom stereocenters. The molecule has 1 N–H and O–H groups in total. The lowest BCUT2D eigenvalue weighted by Crippen LogP contribution is -2.45. The summed E-state index contributed by atoms with van der Waals surface area (Å²) in [5.41, 5.74) is 0.324. The summed E-state index contributed by atoms with van der Waals surface area (Å²) in [6.45, 7) is 4.19. The summed E-state index contributed by atoms with van der Waals surface area (Å²) >= 11 is 0. The molecule has 2 fully saturated rings. The van der Waals surface area contributed by atoms with Gasteiger partial charge in [0.2, 0.25) is 6.23 Å². The van der Waals surface area contributed by atoms with Crippen LogP contribution in [0.2, 0.25) is 0 Å². The molecule has 0 aliphatic carbocycles. The Morgan fingerprint density at radius 1 is 1.00 bits per heavy atom. The molecule has 3 heterocycles. The predicted octanol–water partition coefficient (Wildman–Crippen LogP) is 6.71. The van der Waals surface area contributed by atoms with Gasteiger partial charge in [-0.15, -0.1) is 0 Å². The number of esters is 1. The third kappa shape index (κ3) is 7.53. The third-order valence-electron chi connectivity index (χ3n) is 8.88. The molecule has 15 heteroatoms. The second kappa shape index (κ2) is 15.3. The lowest BCUT2D eigenvalue weighted by molar-refractivity contribution is -0.152. The molecule has 1 aromatic heterocycles. The van der Waals surface area contributed by atoms with Crippen molar-refractivity contribution < 1.29 is 45.9 Å². The van der Waals surface area contributed by atoms with E-state index in [0.717, 1.165) is 22.9 Å². The van der Waals surface area contributed by atoms with Crippen LogP contribution in [0, 0.1) is 5.92 Å². The number of carbonyl (C=O) groups is 1. The number of ether oxygens (including phenoxy) is 3. The zero-order chi connectivity index (χ0) is 37.1. The number of nitrogens with zero attached hydrogens (tertiary/aromatic N) is 2. The Kier molecular flexibility index (Phi) is 10.9. The monoisotopic (exact) mass is 739 g/mol. The molecule has 0 radical (unpaired) electrons. The van der Waals surface area contributed by atoms with Crippen molar-refractivity contribution in [3.05, 3.63) is 124 Å². The zero-order valence-electron chi connectivity index (χ0n) is 29.0. The number of phosphoric acid groups is 1. The molecule has 0 saturated carbocycles. The van der Waals surface area contributed by atoms with Crippen molar-refractivity contribution >= 4 is 19.6 Å². The van der Waals surface area contributed by atoms with Crippen LogP contribution in [0.1, 0.15) is 50.1 Å². The first-order valence-electron chi connectivity index (χ1n) is 16.8. The SMILES string of the molecule is COc1ccc(C(Nc2ccn([C@@H]3O[C@@H]4COP(=O)(OCC[C@H](C)C(=O)OC(C)C)O[C@H]4C3(F)F)c(=O)n2)(c2ccccc2)c2ccccc2)cc1. The zero-order valence-corrected chi connectivity index (χ0v) is 29.9. The van der Waals surface area contributed by atoms with Crippen molar-refractivity contribution in [2.24, 2.45) is 5.92 Å². The average molecular weight is 740 g/mol. The smallest absolute Gasteiger partial charge is 0.475 e. The van der Waals surface area contributed by atoms with E-state index in [1.165, 1.54) is 6.07 Å². The first-order valence-corrected chi connectivity index (χ1v) is 18.3. The lowest BCUT2D eigenvalue weighted by atomic mass is 9.77. The largest absolute Gasteiger partial charge is 0.497 e. The number of carbonyl (C=O) groups excluding carboxylic acids is 1. The van der Waals surface area contributed by atoms with Gasteiger partial charge in [-0.2, -0.15) is 13.8 Å². The maximum Gasteiger partial charge on any atom is 0.475 e. The van der Waals surface area contributed by atoms with Crippen molar-refractivity contribution in [2.45, 2.75) is 63.2 Å². The van der Waals surface area contributed by atoms with Crippen LogP contribution < -0.4 is 15.7 Å². The van der Waals surface area contributed by atoms with Crippen LogP contribution in [0.3, 0.4) is 0 Å². The Morgan fingerprint density at radius 3 is 2.19 bits per heavy atom. The molecule has 2 aliphatic rings. The van der Waals surface area contributed by atoms with Crippen molar-refractivity contribution in [2.75, 3.05) is 25.6 Å². The molecule has 6 rings (SSSR count). The van der Waals surface area contributed by atoms with Crippen LogP contribution in [0.25, 0.3) is 0 Å². The molecule has 2 saturated heterocycles. The molecule has 0 spiro atoms. The number of phosphoric ester groups is 1. The van der Waals surface area contributed by atoms with Gasteiger partial charge in [0.25, 0.3) is 0 Å². The van der Waals surface area contributed by atoms with Crippen LogP contribution in [0.4, 0.5) is 14.6 Å². The lowest BCUT2D eigenvalue weighted by Gasteiger charge is -2.37. The van der Waals surface area contributed by atoms with Crippen molar-refractivity contribution in [3.8, 4) is 5.75 Å². The van der Waals surface area contributed by atoms with Crippen LogP contribution in [0.15, 0.2) is 102 Å². The van der Waals surface area contributed by atoms with Gasteiger partial charge >= 0.3 is 25.4 Å². The van der Waals surface area contributed by atoms with Gasteiger partial charge in [-0.25, -0.2) is 9.36 Å². The summed E-state index contributed by atoms with van der Waals surface area (Å²) in [6, 6.07) is 27.9. The summed E-state index contributed by atoms with van der Waals surface area (Å²) in [5.74, 6) is -4.18. The predicted molar refractivity (Wildman–Crippen MR) is 186 cm³/mol. The van der Waals surface area contributed by atoms with Crippen molar-refractivity contribution in [1.29, 1.82) is 0 Å². The highest BCUT2D eigenvalue weighted by Crippen LogP contribution is 2.60. The maximum atomic E-state index is 16.0. The second-order valence-corrected chi connectivity index (χ2v) is 14.4. The molecule has 12 nitrogen and oxygen atoms in total. The molecule has 276 valence electrons. The highest BCUT2D eigenvalue weighted by atomic mass is 31.2. The molecule has 3 aromatic carbocycles. The molecule has 52 heavy (non-hydrogen) atoms. The topological polar surface area (TPSA) is 136 Å². The van der Waals surface area contributed by atoms with Gasteiger partial charge in [0.05, 0.1) is 32.3 Å². The molecular weight excluding hydrogens is 699 g/mol. The Hall–Kier alpha value is -4.46. The number of aromatic nitrogens is 2. The fourth-order valence-corrected chi connectivity index (χ4v) is 7.64. The number of fused-ring (bicyclic) bond motifs is 1. The molecule has 0 bridgehead atoms. The minimum absolute atomic E-state index is 0.0849. The van der Waals surface area contributed by atoms with Gasteiger partial charge in [-0.05, 0) is 55.2 Å². The molecule has 0 amide bonds. The summed E-state index contributed by atoms with van der Waals surface area (Å²) < 4.78 is 77.6. The van der Waals surface area contributed by atoms with Gasteiger partial charge in [0, 0.05) is 6.20 Å². The number of hydrogen-bond donors (Lipinski definition) is 1. The van der Waals surface area contributed by atoms with E-state index in [1.807, 2.05) is 84.9 Å². The Balaban J connectivity index is 1.25. The van der Waals surface area contributed by atoms with E-state index in [9.17, 15) is 14.2 Å². The number of nitrogens with one attached hydrogen (secondary N) is 1. The number of hydrogen-bond acceptors (Lipinski definition) is 11. The third-order valence-corrected chi connectivity index (χ3v) is 10.3. The van der Waals surface area contributed by atoms with Crippen molar-refractivity contribution in [1.82, 2.24) is 9.55 Å². The van der Waals surface area contributed by atoms with E-state index >= 15 is 8.78 Å². The number of halogens is 2. The fraction of sp³-hybridized carbons (Fsp3) is 0.378. The van der Waals surface area contributed by atoms with Crippen LogP contribution in [-0.4, -0.2) is 60.1 Å². The quantitative estimate of drug-likeness (QED) is 0.0891. The highest BCUT2D eigenvalue weighted by molar-refractivity contribution is 7.48. The minimum atomic E-state index is -4.46. The number of methoxy groups -OCH3 is 1. The van der Waals surface area contributed by atoms with Gasteiger partial charge < -0.3 is 19.5 Å². The van der Waals surface area contributed by atoms with E-state index in [1.54, 1.807) is 27.9 Å². The van der Waals surface area contributed by atoms with Crippen molar-refractivity contribution in [3.63, 3.8) is 0 Å². The Morgan fingerprint density at radius 2 is 1.62 bits per heavy atom. The number of anilines is 1. The van der Waals surface area contributed by atoms with Gasteiger partial charge in [0.1, 0.15) is 23.2 Å². The van der Waals surface area contributed by atoms with E-state index in [-0.39, 0.29) is 24.9 Å². The second-order valence-electron chi connectivity index (χ2n) is 12.8. The minimum Gasteiger partial charge on any atom is -0.497 e. The summed E-state index contributed by atoms with van der Waals surface area (Å²) in [6.07, 6.45) is -4.64. The summed E-state index contributed by atoms with van der Waals surface area (Å²) in [5, 5.41) is 3.44. The van der Waals surface area contributed by atoms with Gasteiger partial charge in [-0.3, -0.25) is 22.9 Å². The number of benzene rings is 3. The fourth-order valence-electron chi connectivity index (χ4n) is 6.23. The Bertz CT molecular complexity index is 1910. The van der Waals surface area contributed by atoms with Crippen LogP contribution >= 0.6 is 7.82 Å². The number of alkyl halides is 2. The van der Waals surface area contributed by atoms with E-state index in [2.05, 4.69) is 10.3 Å². The van der Waals surface area contributed by atoms with E-state index in [0.29, 0.717) is 10.3 Å². The summed E-state index contributed by atoms with van der Waals surface area (Å²) in [7, 11) is -2.89. The van der Waals surface area contributed by atoms with Crippen LogP contribution in [0.5, 0.6) is 5.75 Å². The van der Waals surface area contributed by atoms with Crippen LogP contribution in [-0.2, 0) is 37.9 Å². The first kappa shape index (κ1) is 37.3. The van der Waals surface area contributed by atoms with E-state index < -0.39 is 61.9 Å².